The summed E-state index contributed by atoms with van der Waals surface area (Å²) in [5.41, 5.74) is 8.45. The fourth-order valence-corrected chi connectivity index (χ4v) is 10.3. The SMILES string of the molecule is CC(C)(C)OC(=O)C1(N)CCC(O[Si](c2ccccc2)(c2ccccc2)C(C)(C)C)CC1(N)C(=O)OC(C)(C)C. The Morgan fingerprint density at radius 3 is 1.50 bits per heavy atom. The van der Waals surface area contributed by atoms with Gasteiger partial charge in [0.15, 0.2) is 0 Å². The first-order valence-electron chi connectivity index (χ1n) is 14.1. The number of esters is 2. The Kier molecular flexibility index (Phi) is 8.83. The average molecular weight is 569 g/mol. The predicted octanol–water partition coefficient (Wildman–Crippen LogP) is 4.19. The fraction of sp³-hybridized carbons (Fsp3) is 0.562. The molecule has 220 valence electrons. The summed E-state index contributed by atoms with van der Waals surface area (Å²) in [6, 6.07) is 20.6. The Morgan fingerprint density at radius 2 is 1.12 bits per heavy atom. The number of hydrogen-bond acceptors (Lipinski definition) is 7. The second kappa shape index (κ2) is 11.0. The third kappa shape index (κ3) is 6.35. The van der Waals surface area contributed by atoms with Gasteiger partial charge in [0, 0.05) is 12.5 Å². The Balaban J connectivity index is 2.14. The van der Waals surface area contributed by atoms with E-state index in [2.05, 4.69) is 45.0 Å². The maximum atomic E-state index is 13.8. The highest BCUT2D eigenvalue weighted by Gasteiger charge is 2.64. The van der Waals surface area contributed by atoms with Gasteiger partial charge in [-0.3, -0.25) is 0 Å². The van der Waals surface area contributed by atoms with Crippen LogP contribution in [0, 0.1) is 0 Å². The molecule has 0 spiro atoms. The minimum atomic E-state index is -2.96. The standard InChI is InChI=1S/C32H48N2O5Si/c1-28(2,3)37-26(35)31(33)21-20-23(22-32(31,34)27(36)38-29(4,5)6)39-40(30(7,8)9,24-16-12-10-13-17-24)25-18-14-11-15-19-25/h10-19,23H,20-22,33-34H2,1-9H3. The molecule has 0 bridgehead atoms. The Bertz CT molecular complexity index is 1140. The monoisotopic (exact) mass is 568 g/mol. The smallest absolute Gasteiger partial charge is 0.329 e. The molecule has 40 heavy (non-hydrogen) atoms. The molecule has 2 aromatic carbocycles. The lowest BCUT2D eigenvalue weighted by atomic mass is 9.66. The molecule has 1 fully saturated rings. The van der Waals surface area contributed by atoms with E-state index >= 15 is 0 Å². The van der Waals surface area contributed by atoms with Crippen LogP contribution in [0.5, 0.6) is 0 Å². The molecule has 3 unspecified atom stereocenters. The van der Waals surface area contributed by atoms with Crippen molar-refractivity contribution in [1.82, 2.24) is 0 Å². The average Bonchev–Trinajstić information content (AvgIpc) is 2.83. The lowest BCUT2D eigenvalue weighted by molar-refractivity contribution is -0.181. The van der Waals surface area contributed by atoms with Gasteiger partial charge in [-0.2, -0.15) is 0 Å². The minimum Gasteiger partial charge on any atom is -0.459 e. The summed E-state index contributed by atoms with van der Waals surface area (Å²) in [6.07, 6.45) is 0.105. The summed E-state index contributed by atoms with van der Waals surface area (Å²) in [5, 5.41) is 1.96. The summed E-state index contributed by atoms with van der Waals surface area (Å²) in [5.74, 6) is -1.44. The molecule has 0 aromatic heterocycles. The summed E-state index contributed by atoms with van der Waals surface area (Å²) in [6.45, 7) is 17.2. The van der Waals surface area contributed by atoms with Crippen molar-refractivity contribution in [2.24, 2.45) is 11.5 Å². The van der Waals surface area contributed by atoms with Crippen molar-refractivity contribution >= 4 is 30.6 Å². The van der Waals surface area contributed by atoms with Crippen LogP contribution in [-0.4, -0.2) is 48.6 Å². The van der Waals surface area contributed by atoms with Gasteiger partial charge in [-0.25, -0.2) is 9.59 Å². The van der Waals surface area contributed by atoms with E-state index in [1.807, 2.05) is 36.4 Å². The number of ether oxygens (including phenoxy) is 2. The van der Waals surface area contributed by atoms with Crippen molar-refractivity contribution in [3.63, 3.8) is 0 Å². The summed E-state index contributed by atoms with van der Waals surface area (Å²) >= 11 is 0. The van der Waals surface area contributed by atoms with E-state index in [4.69, 9.17) is 25.4 Å². The van der Waals surface area contributed by atoms with Crippen LogP contribution in [0.15, 0.2) is 60.7 Å². The summed E-state index contributed by atoms with van der Waals surface area (Å²) in [7, 11) is -2.96. The molecule has 0 amide bonds. The number of benzene rings is 2. The van der Waals surface area contributed by atoms with Crippen molar-refractivity contribution in [3.05, 3.63) is 60.7 Å². The second-order valence-electron chi connectivity index (χ2n) is 14.1. The van der Waals surface area contributed by atoms with Crippen LogP contribution in [-0.2, 0) is 23.5 Å². The first kappa shape index (κ1) is 32.0. The van der Waals surface area contributed by atoms with Gasteiger partial charge in [0.2, 0.25) is 0 Å². The molecule has 7 nitrogen and oxygen atoms in total. The van der Waals surface area contributed by atoms with E-state index in [0.717, 1.165) is 10.4 Å². The molecule has 1 aliphatic carbocycles. The van der Waals surface area contributed by atoms with Crippen molar-refractivity contribution in [2.45, 2.75) is 115 Å². The molecule has 8 heteroatoms. The third-order valence-electron chi connectivity index (χ3n) is 7.49. The lowest BCUT2D eigenvalue weighted by Gasteiger charge is -2.52. The maximum Gasteiger partial charge on any atom is 0.329 e. The van der Waals surface area contributed by atoms with E-state index in [-0.39, 0.29) is 17.9 Å². The van der Waals surface area contributed by atoms with E-state index in [1.165, 1.54) is 0 Å². The van der Waals surface area contributed by atoms with Crippen LogP contribution < -0.4 is 21.8 Å². The topological polar surface area (TPSA) is 114 Å². The second-order valence-corrected chi connectivity index (χ2v) is 18.3. The molecule has 3 rings (SSSR count). The summed E-state index contributed by atoms with van der Waals surface area (Å²) < 4.78 is 18.8. The largest absolute Gasteiger partial charge is 0.459 e. The number of carbonyl (C=O) groups is 2. The molecule has 0 aliphatic heterocycles. The van der Waals surface area contributed by atoms with Gasteiger partial charge in [-0.15, -0.1) is 0 Å². The molecular weight excluding hydrogens is 520 g/mol. The van der Waals surface area contributed by atoms with Gasteiger partial charge in [-0.05, 0) is 69.8 Å². The number of hydrogen-bond donors (Lipinski definition) is 2. The van der Waals surface area contributed by atoms with E-state index in [1.54, 1.807) is 41.5 Å². The maximum absolute atomic E-state index is 13.8. The van der Waals surface area contributed by atoms with Crippen LogP contribution in [0.3, 0.4) is 0 Å². The van der Waals surface area contributed by atoms with Gasteiger partial charge in [0.25, 0.3) is 8.32 Å². The number of rotatable bonds is 6. The van der Waals surface area contributed by atoms with E-state index < -0.39 is 48.6 Å². The quantitative estimate of drug-likeness (QED) is 0.397. The van der Waals surface area contributed by atoms with Crippen LogP contribution >= 0.6 is 0 Å². The Hall–Kier alpha value is -2.52. The lowest BCUT2D eigenvalue weighted by Crippen LogP contribution is -2.78. The third-order valence-corrected chi connectivity index (χ3v) is 12.6. The highest BCUT2D eigenvalue weighted by molar-refractivity contribution is 6.99. The normalized spacial score (nSPS) is 24.3. The van der Waals surface area contributed by atoms with Crippen molar-refractivity contribution in [1.29, 1.82) is 0 Å². The molecule has 0 heterocycles. The van der Waals surface area contributed by atoms with E-state index in [9.17, 15) is 9.59 Å². The summed E-state index contributed by atoms with van der Waals surface area (Å²) in [4.78, 5) is 27.3. The van der Waals surface area contributed by atoms with E-state index in [0.29, 0.717) is 6.42 Å². The van der Waals surface area contributed by atoms with Crippen LogP contribution in [0.4, 0.5) is 0 Å². The predicted molar refractivity (Wildman–Crippen MR) is 162 cm³/mol. The molecule has 0 radical (unpaired) electrons. The molecule has 0 saturated heterocycles. The van der Waals surface area contributed by atoms with Gasteiger partial charge in [0.1, 0.15) is 22.3 Å². The zero-order valence-corrected chi connectivity index (χ0v) is 26.7. The van der Waals surface area contributed by atoms with Crippen molar-refractivity contribution in [3.8, 4) is 0 Å². The highest BCUT2D eigenvalue weighted by atomic mass is 28.4. The van der Waals surface area contributed by atoms with Gasteiger partial charge in [-0.1, -0.05) is 81.4 Å². The molecule has 1 saturated carbocycles. The first-order chi connectivity index (χ1) is 18.3. The Morgan fingerprint density at radius 1 is 0.725 bits per heavy atom. The molecule has 2 aromatic rings. The fourth-order valence-electron chi connectivity index (χ4n) is 5.58. The van der Waals surface area contributed by atoms with Crippen LogP contribution in [0.2, 0.25) is 5.04 Å². The number of nitrogens with two attached hydrogens (primary N) is 2. The molecular formula is C32H48N2O5Si. The van der Waals surface area contributed by atoms with Crippen LogP contribution in [0.1, 0.15) is 81.6 Å². The van der Waals surface area contributed by atoms with Crippen molar-refractivity contribution in [2.75, 3.05) is 0 Å². The zero-order valence-electron chi connectivity index (χ0n) is 25.7. The van der Waals surface area contributed by atoms with Gasteiger partial charge in [0.05, 0.1) is 0 Å². The number of carbonyl (C=O) groups excluding carboxylic acids is 2. The highest BCUT2D eigenvalue weighted by Crippen LogP contribution is 2.43. The molecule has 1 aliphatic rings. The first-order valence-corrected chi connectivity index (χ1v) is 16.0. The minimum absolute atomic E-state index is 0.0160. The Labute approximate surface area is 241 Å². The molecule has 3 atom stereocenters. The molecule has 4 N–H and O–H groups in total. The van der Waals surface area contributed by atoms with Gasteiger partial charge < -0.3 is 25.4 Å². The van der Waals surface area contributed by atoms with Crippen molar-refractivity contribution < 1.29 is 23.5 Å². The van der Waals surface area contributed by atoms with Gasteiger partial charge >= 0.3 is 11.9 Å². The zero-order chi connectivity index (χ0) is 30.2. The van der Waals surface area contributed by atoms with Crippen LogP contribution in [0.25, 0.3) is 0 Å².